The van der Waals surface area contributed by atoms with Crippen LogP contribution in [0.25, 0.3) is 28.7 Å². The first-order valence-electron chi connectivity index (χ1n) is 12.7. The average Bonchev–Trinajstić information content (AvgIpc) is 3.69. The van der Waals surface area contributed by atoms with Gasteiger partial charge in [-0.1, -0.05) is 30.3 Å². The fourth-order valence-electron chi connectivity index (χ4n) is 4.38. The number of anilines is 1. The molecule has 6 rings (SSSR count). The van der Waals surface area contributed by atoms with Gasteiger partial charge in [0.2, 0.25) is 16.0 Å². The number of H-pyrrole nitrogens is 1. The molecule has 1 fully saturated rings. The zero-order valence-corrected chi connectivity index (χ0v) is 22.4. The molecule has 4 heterocycles. The number of amides is 1. The summed E-state index contributed by atoms with van der Waals surface area (Å²) in [5.74, 6) is 0.212. The number of nitrogens with one attached hydrogen (secondary N) is 2. The van der Waals surface area contributed by atoms with E-state index in [1.807, 2.05) is 30.3 Å². The summed E-state index contributed by atoms with van der Waals surface area (Å²) in [6.07, 6.45) is 1.50. The third-order valence-corrected chi connectivity index (χ3v) is 8.36. The highest BCUT2D eigenvalue weighted by Gasteiger charge is 2.26. The Hall–Kier alpha value is -4.85. The molecule has 1 amide bonds. The molecule has 2 aromatic carbocycles. The highest BCUT2D eigenvalue weighted by atomic mass is 32.2. The largest absolute Gasteiger partial charge is 0.463 e. The molecule has 208 valence electrons. The van der Waals surface area contributed by atoms with Crippen molar-refractivity contribution in [3.05, 3.63) is 101 Å². The van der Waals surface area contributed by atoms with E-state index in [0.717, 1.165) is 5.56 Å². The van der Waals surface area contributed by atoms with E-state index in [4.69, 9.17) is 9.15 Å². The number of benzene rings is 2. The molecule has 0 bridgehead atoms. The van der Waals surface area contributed by atoms with Crippen LogP contribution in [0, 0.1) is 0 Å². The van der Waals surface area contributed by atoms with Crippen molar-refractivity contribution in [2.24, 2.45) is 0 Å². The highest BCUT2D eigenvalue weighted by molar-refractivity contribution is 7.89. The van der Waals surface area contributed by atoms with Crippen molar-refractivity contribution in [2.75, 3.05) is 31.6 Å². The summed E-state index contributed by atoms with van der Waals surface area (Å²) >= 11 is 0. The average molecular weight is 573 g/mol. The second kappa shape index (κ2) is 11.0. The maximum atomic E-state index is 13.3. The van der Waals surface area contributed by atoms with Crippen LogP contribution in [0.4, 0.5) is 5.82 Å². The van der Waals surface area contributed by atoms with Crippen LogP contribution in [0.3, 0.4) is 0 Å². The SMILES string of the molecule is O=C(Nc1cc(-c2ccco2)nn1-c1nc(-c2ccccc2)cc(=O)[nH]1)c1ccc(S(=O)(=O)N2CCOCC2)cc1. The van der Waals surface area contributed by atoms with E-state index < -0.39 is 21.5 Å². The van der Waals surface area contributed by atoms with Gasteiger partial charge in [-0.05, 0) is 36.4 Å². The second-order valence-corrected chi connectivity index (χ2v) is 11.1. The minimum Gasteiger partial charge on any atom is -0.463 e. The summed E-state index contributed by atoms with van der Waals surface area (Å²) in [6.45, 7) is 1.21. The molecule has 1 aliphatic heterocycles. The Morgan fingerprint density at radius 1 is 0.927 bits per heavy atom. The number of carbonyl (C=O) groups excluding carboxylic acids is 1. The summed E-state index contributed by atoms with van der Waals surface area (Å²) in [6, 6.07) is 21.2. The Balaban J connectivity index is 1.32. The minimum absolute atomic E-state index is 0.0800. The molecule has 0 atom stereocenters. The van der Waals surface area contributed by atoms with Crippen molar-refractivity contribution in [1.29, 1.82) is 0 Å². The maximum Gasteiger partial charge on any atom is 0.256 e. The van der Waals surface area contributed by atoms with Gasteiger partial charge in [-0.2, -0.15) is 14.1 Å². The Morgan fingerprint density at radius 3 is 2.39 bits per heavy atom. The number of morpholine rings is 1. The molecule has 1 saturated heterocycles. The molecule has 0 spiro atoms. The van der Waals surface area contributed by atoms with Crippen molar-refractivity contribution in [2.45, 2.75) is 4.90 Å². The van der Waals surface area contributed by atoms with Gasteiger partial charge >= 0.3 is 0 Å². The van der Waals surface area contributed by atoms with Gasteiger partial charge in [-0.3, -0.25) is 14.6 Å². The lowest BCUT2D eigenvalue weighted by molar-refractivity contribution is 0.0730. The van der Waals surface area contributed by atoms with Gasteiger partial charge in [0.15, 0.2) is 5.76 Å². The van der Waals surface area contributed by atoms with Crippen molar-refractivity contribution >= 4 is 21.7 Å². The minimum atomic E-state index is -3.70. The number of carbonyl (C=O) groups is 1. The Morgan fingerprint density at radius 2 is 1.68 bits per heavy atom. The summed E-state index contributed by atoms with van der Waals surface area (Å²) in [7, 11) is -3.70. The molecule has 0 radical (unpaired) electrons. The fourth-order valence-corrected chi connectivity index (χ4v) is 5.79. The molecule has 3 aromatic heterocycles. The topological polar surface area (TPSA) is 152 Å². The van der Waals surface area contributed by atoms with Gasteiger partial charge in [0, 0.05) is 36.3 Å². The van der Waals surface area contributed by atoms with Crippen molar-refractivity contribution in [3.63, 3.8) is 0 Å². The van der Waals surface area contributed by atoms with E-state index in [2.05, 4.69) is 20.4 Å². The molecule has 12 nitrogen and oxygen atoms in total. The van der Waals surface area contributed by atoms with Gasteiger partial charge in [-0.25, -0.2) is 13.4 Å². The Bertz CT molecular complexity index is 1840. The summed E-state index contributed by atoms with van der Waals surface area (Å²) in [5, 5.41) is 7.31. The fraction of sp³-hybridized carbons (Fsp3) is 0.143. The molecule has 1 aliphatic rings. The van der Waals surface area contributed by atoms with Crippen LogP contribution in [0.15, 0.2) is 99.2 Å². The summed E-state index contributed by atoms with van der Waals surface area (Å²) in [5.41, 5.74) is 1.37. The number of sulfonamides is 1. The van der Waals surface area contributed by atoms with Gasteiger partial charge in [0.05, 0.1) is 30.1 Å². The molecule has 41 heavy (non-hydrogen) atoms. The number of ether oxygens (including phenoxy) is 1. The number of hydrogen-bond acceptors (Lipinski definition) is 8. The summed E-state index contributed by atoms with van der Waals surface area (Å²) in [4.78, 5) is 33.2. The van der Waals surface area contributed by atoms with Crippen LogP contribution in [-0.4, -0.2) is 64.7 Å². The number of hydrogen-bond donors (Lipinski definition) is 2. The first-order valence-corrected chi connectivity index (χ1v) is 14.1. The molecule has 2 N–H and O–H groups in total. The van der Waals surface area contributed by atoms with Crippen LogP contribution < -0.4 is 10.9 Å². The van der Waals surface area contributed by atoms with Crippen molar-refractivity contribution < 1.29 is 22.4 Å². The van der Waals surface area contributed by atoms with E-state index in [1.165, 1.54) is 45.6 Å². The van der Waals surface area contributed by atoms with Gasteiger partial charge in [-0.15, -0.1) is 0 Å². The molecule has 13 heteroatoms. The molecule has 0 unspecified atom stereocenters. The second-order valence-electron chi connectivity index (χ2n) is 9.12. The van der Waals surface area contributed by atoms with E-state index in [1.54, 1.807) is 18.2 Å². The molecular weight excluding hydrogens is 548 g/mol. The predicted molar refractivity (Wildman–Crippen MR) is 149 cm³/mol. The third kappa shape index (κ3) is 5.45. The molecule has 0 saturated carbocycles. The first kappa shape index (κ1) is 26.4. The zero-order valence-electron chi connectivity index (χ0n) is 21.6. The number of rotatable bonds is 7. The van der Waals surface area contributed by atoms with E-state index in [9.17, 15) is 18.0 Å². The molecular formula is C28H24N6O6S. The van der Waals surface area contributed by atoms with Gasteiger partial charge in [0.25, 0.3) is 11.5 Å². The maximum absolute atomic E-state index is 13.3. The number of furan rings is 1. The third-order valence-electron chi connectivity index (χ3n) is 6.45. The van der Waals surface area contributed by atoms with Crippen LogP contribution in [-0.2, 0) is 14.8 Å². The number of aromatic amines is 1. The predicted octanol–water partition coefficient (Wildman–Crippen LogP) is 3.16. The van der Waals surface area contributed by atoms with Crippen LogP contribution >= 0.6 is 0 Å². The lowest BCUT2D eigenvalue weighted by Gasteiger charge is -2.26. The van der Waals surface area contributed by atoms with Crippen LogP contribution in [0.1, 0.15) is 10.4 Å². The Kier molecular flexibility index (Phi) is 7.05. The van der Waals surface area contributed by atoms with Crippen LogP contribution in [0.5, 0.6) is 0 Å². The number of nitrogens with zero attached hydrogens (tertiary/aromatic N) is 4. The van der Waals surface area contributed by atoms with E-state index >= 15 is 0 Å². The Labute approximate surface area is 234 Å². The monoisotopic (exact) mass is 572 g/mol. The van der Waals surface area contributed by atoms with Crippen molar-refractivity contribution in [3.8, 4) is 28.7 Å². The smallest absolute Gasteiger partial charge is 0.256 e. The van der Waals surface area contributed by atoms with Gasteiger partial charge < -0.3 is 14.5 Å². The van der Waals surface area contributed by atoms with Gasteiger partial charge in [0.1, 0.15) is 11.5 Å². The lowest BCUT2D eigenvalue weighted by Crippen LogP contribution is -2.40. The normalized spacial score (nSPS) is 14.1. The number of aromatic nitrogens is 4. The molecule has 0 aliphatic carbocycles. The summed E-state index contributed by atoms with van der Waals surface area (Å²) < 4.78 is 39.3. The molecule has 5 aromatic rings. The lowest BCUT2D eigenvalue weighted by atomic mass is 10.1. The van der Waals surface area contributed by atoms with Crippen LogP contribution in [0.2, 0.25) is 0 Å². The first-order chi connectivity index (χ1) is 19.9. The van der Waals surface area contributed by atoms with E-state index in [0.29, 0.717) is 30.4 Å². The quantitative estimate of drug-likeness (QED) is 0.302. The van der Waals surface area contributed by atoms with E-state index in [-0.39, 0.29) is 35.3 Å². The zero-order chi connectivity index (χ0) is 28.4. The highest BCUT2D eigenvalue weighted by Crippen LogP contribution is 2.26. The van der Waals surface area contributed by atoms with Crippen molar-refractivity contribution in [1.82, 2.24) is 24.1 Å². The standard InChI is InChI=1S/C28H24N6O6S/c35-26-18-22(19-5-2-1-3-6-19)29-28(31-26)34-25(17-23(32-34)24-7-4-14-40-24)30-27(36)20-8-10-21(11-9-20)41(37,38)33-12-15-39-16-13-33/h1-11,14,17-18H,12-13,15-16H2,(H,30,36)(H,29,31,35).